The number of anilines is 2. The van der Waals surface area contributed by atoms with Crippen LogP contribution in [0.2, 0.25) is 0 Å². The van der Waals surface area contributed by atoms with Crippen molar-refractivity contribution in [1.82, 2.24) is 16.0 Å². The summed E-state index contributed by atoms with van der Waals surface area (Å²) in [5, 5.41) is 25.9. The molecular weight excluding hydrogens is 1280 g/mol. The molecule has 0 bridgehead atoms. The average Bonchev–Trinajstić information content (AvgIpc) is 1.31. The van der Waals surface area contributed by atoms with Gasteiger partial charge in [0.15, 0.2) is 0 Å². The number of carbonyl (C=O) groups excluding carboxylic acids is 9. The Hall–Kier alpha value is -8.75. The summed E-state index contributed by atoms with van der Waals surface area (Å²) in [4.78, 5) is 111. The molecule has 1 aliphatic rings. The van der Waals surface area contributed by atoms with E-state index in [2.05, 4.69) is 47.0 Å². The summed E-state index contributed by atoms with van der Waals surface area (Å²) in [6.07, 6.45) is -2.78. The summed E-state index contributed by atoms with van der Waals surface area (Å²) >= 11 is 0. The first-order valence-electron chi connectivity index (χ1n) is 32.3. The van der Waals surface area contributed by atoms with Gasteiger partial charge in [0, 0.05) is 24.9 Å². The number of nitrogen functional groups attached to an aromatic ring is 1. The number of carbonyl (C=O) groups is 9. The smallest absolute Gasteiger partial charge is 0.413 e. The van der Waals surface area contributed by atoms with E-state index in [1.807, 2.05) is 33.8 Å². The third kappa shape index (κ3) is 41.3. The Morgan fingerprint density at radius 1 is 0.414 bits per heavy atom. The molecule has 0 aromatic heterocycles. The van der Waals surface area contributed by atoms with Crippen molar-refractivity contribution >= 4 is 65.5 Å². The highest BCUT2D eigenvalue weighted by atomic mass is 16.8. The fourth-order valence-corrected chi connectivity index (χ4v) is 7.72. The average molecular weight is 1400 g/mol. The molecule has 558 valence electrons. The first-order valence-corrected chi connectivity index (χ1v) is 32.3. The lowest BCUT2D eigenvalue weighted by Gasteiger charge is -2.25. The topological polar surface area (TPSA) is 355 Å². The monoisotopic (exact) mass is 1400 g/mol. The van der Waals surface area contributed by atoms with Crippen LogP contribution in [-0.4, -0.2) is 129 Å². The minimum atomic E-state index is -1.14. The van der Waals surface area contributed by atoms with Crippen LogP contribution in [0.3, 0.4) is 0 Å². The van der Waals surface area contributed by atoms with Crippen LogP contribution in [0.15, 0.2) is 62.7 Å². The number of amides is 3. The van der Waals surface area contributed by atoms with Gasteiger partial charge in [-0.05, 0) is 262 Å². The summed E-state index contributed by atoms with van der Waals surface area (Å²) in [5.74, 6) is -2.56. The van der Waals surface area contributed by atoms with Crippen LogP contribution in [0.25, 0.3) is 0 Å². The second-order valence-electron chi connectivity index (χ2n) is 28.5. The summed E-state index contributed by atoms with van der Waals surface area (Å²) in [5.41, 5.74) is 7.76. The minimum Gasteiger partial charge on any atom is -0.460 e. The van der Waals surface area contributed by atoms with E-state index in [4.69, 9.17) is 48.4 Å². The van der Waals surface area contributed by atoms with Crippen molar-refractivity contribution in [2.75, 3.05) is 24.2 Å². The van der Waals surface area contributed by atoms with Crippen LogP contribution in [0, 0.1) is 48.5 Å². The molecule has 99 heavy (non-hydrogen) atoms. The predicted molar refractivity (Wildman–Crippen MR) is 378 cm³/mol. The number of ether oxygens (including phenoxy) is 10. The van der Waals surface area contributed by atoms with E-state index in [1.165, 1.54) is 12.1 Å². The molecule has 1 aliphatic heterocycles. The van der Waals surface area contributed by atoms with Crippen LogP contribution in [0.1, 0.15) is 202 Å². The van der Waals surface area contributed by atoms with Crippen molar-refractivity contribution in [3.05, 3.63) is 102 Å². The lowest BCUT2D eigenvalue weighted by atomic mass is 10.0. The number of rotatable bonds is 19. The maximum atomic E-state index is 12.6. The van der Waals surface area contributed by atoms with E-state index >= 15 is 0 Å². The first-order chi connectivity index (χ1) is 45.2. The SMILES string of the molecule is C1CO1.C=C.C=C.Cc1c(N)ccc(OC(=O)NC(CCC(=O)OC(C)(C)C)C(=O)OC(C)(C)C)c1C.Cc1c(OC(=O)NC(CCC(=O)OC(C)(C)C)C(=O)OC(C)(C)C)ccc(N(O)O)c1C.Cc1ccc(OC(=O)NC(CCC(=O)OC(C)(C)C)C(=O)OC(C)(C)C)c(C)c1C. The number of benzene rings is 3. The third-order valence-electron chi connectivity index (χ3n) is 12.6. The molecule has 0 spiro atoms. The van der Waals surface area contributed by atoms with Crippen molar-refractivity contribution in [3.8, 4) is 17.2 Å². The number of nitrogens with zero attached hydrogens (tertiary/aromatic N) is 1. The van der Waals surface area contributed by atoms with Crippen molar-refractivity contribution in [3.63, 3.8) is 0 Å². The summed E-state index contributed by atoms with van der Waals surface area (Å²) < 4.78 is 52.4. The second-order valence-corrected chi connectivity index (χ2v) is 28.5. The molecule has 3 aromatic rings. The third-order valence-corrected chi connectivity index (χ3v) is 12.6. The molecule has 0 radical (unpaired) electrons. The summed E-state index contributed by atoms with van der Waals surface area (Å²) in [7, 11) is 0. The van der Waals surface area contributed by atoms with Crippen molar-refractivity contribution in [2.24, 2.45) is 0 Å². The number of epoxide rings is 1. The highest BCUT2D eigenvalue weighted by molar-refractivity contribution is 5.85. The Labute approximate surface area is 586 Å². The van der Waals surface area contributed by atoms with Gasteiger partial charge >= 0.3 is 54.1 Å². The predicted octanol–water partition coefficient (Wildman–Crippen LogP) is 13.8. The van der Waals surface area contributed by atoms with Crippen LogP contribution >= 0.6 is 0 Å². The quantitative estimate of drug-likeness (QED) is 0.0162. The van der Waals surface area contributed by atoms with Gasteiger partial charge in [0.25, 0.3) is 0 Å². The van der Waals surface area contributed by atoms with Crippen LogP contribution in [0.4, 0.5) is 25.8 Å². The highest BCUT2D eigenvalue weighted by Gasteiger charge is 2.33. The van der Waals surface area contributed by atoms with Gasteiger partial charge in [0.2, 0.25) is 0 Å². The molecule has 1 saturated heterocycles. The molecule has 0 saturated carbocycles. The van der Waals surface area contributed by atoms with E-state index in [9.17, 15) is 53.6 Å². The van der Waals surface area contributed by atoms with Gasteiger partial charge in [-0.15, -0.1) is 31.5 Å². The maximum absolute atomic E-state index is 12.6. The molecule has 3 amide bonds. The molecule has 3 aromatic carbocycles. The molecule has 1 heterocycles. The van der Waals surface area contributed by atoms with E-state index in [-0.39, 0.29) is 55.2 Å². The number of nitrogens with two attached hydrogens (primary N) is 1. The molecule has 3 unspecified atom stereocenters. The van der Waals surface area contributed by atoms with Gasteiger partial charge in [-0.1, -0.05) is 6.07 Å². The molecular formula is C73H115N5O21. The van der Waals surface area contributed by atoms with Crippen LogP contribution in [0.5, 0.6) is 17.2 Å². The zero-order valence-corrected chi connectivity index (χ0v) is 63.4. The second kappa shape index (κ2) is 41.6. The van der Waals surface area contributed by atoms with Gasteiger partial charge in [-0.25, -0.2) is 28.8 Å². The molecule has 7 N–H and O–H groups in total. The van der Waals surface area contributed by atoms with Gasteiger partial charge in [0.05, 0.1) is 18.9 Å². The van der Waals surface area contributed by atoms with E-state index in [1.54, 1.807) is 164 Å². The minimum absolute atomic E-state index is 0.0126. The van der Waals surface area contributed by atoms with Gasteiger partial charge in [-0.3, -0.25) is 24.8 Å². The van der Waals surface area contributed by atoms with E-state index in [0.29, 0.717) is 33.9 Å². The zero-order valence-electron chi connectivity index (χ0n) is 63.4. The Kier molecular flexibility index (Phi) is 38.8. The fourth-order valence-electron chi connectivity index (χ4n) is 7.72. The van der Waals surface area contributed by atoms with Gasteiger partial charge in [0.1, 0.15) is 69.0 Å². The summed E-state index contributed by atoms with van der Waals surface area (Å²) in [6, 6.07) is 6.28. The highest BCUT2D eigenvalue weighted by Crippen LogP contribution is 2.30. The molecule has 3 atom stereocenters. The van der Waals surface area contributed by atoms with Gasteiger partial charge < -0.3 is 69.1 Å². The number of nitrogens with one attached hydrogen (secondary N) is 3. The molecule has 26 nitrogen and oxygen atoms in total. The summed E-state index contributed by atoms with van der Waals surface area (Å²) in [6.45, 7) is 57.8. The molecule has 26 heteroatoms. The molecule has 0 aliphatic carbocycles. The number of hydrogen-bond acceptors (Lipinski definition) is 23. The number of aryl methyl sites for hydroxylation is 1. The molecule has 4 rings (SSSR count). The Morgan fingerprint density at radius 3 is 0.929 bits per heavy atom. The maximum Gasteiger partial charge on any atom is 0.413 e. The Bertz CT molecular complexity index is 3010. The standard InChI is InChI=1S/C23H35NO6.C22H34N2O8.C22H34N2O6.C2H4O.2C2H4/c1-14-10-12-18(16(3)15(14)2)28-21(27)24-17(20(26)30-23(7,8)9)11-13-19(25)29-22(4,5)6;1-13-14(2)17(11-10-16(13)24(28)29)30-20(27)23-15(19(26)32-22(6,7)8)9-12-18(25)31-21(3,4)5;1-13-14(2)17(11-9-15(13)23)28-20(27)24-16(19(26)30-22(6,7)8)10-12-18(25)29-21(3,4)5;1-2-3-1;2*1-2/h10,12,17H,11,13H2,1-9H3,(H,24,27);10-11,15,28-29H,9,12H2,1-8H3,(H,23,27);9,11,16H,10,12,23H2,1-8H3,(H,24,27);1-2H2;2*1-2H2. The Morgan fingerprint density at radius 2 is 0.667 bits per heavy atom. The van der Waals surface area contributed by atoms with Crippen molar-refractivity contribution in [1.29, 1.82) is 0 Å². The van der Waals surface area contributed by atoms with E-state index < -0.39 is 106 Å². The fraction of sp³-hybridized carbons (Fsp3) is 0.575. The number of hydrogen-bond donors (Lipinski definition) is 6. The molecule has 1 fully saturated rings. The normalized spacial score (nSPS) is 12.6. The van der Waals surface area contributed by atoms with E-state index in [0.717, 1.165) is 35.5 Å². The Balaban J connectivity index is 0. The van der Waals surface area contributed by atoms with Crippen molar-refractivity contribution in [2.45, 2.75) is 263 Å². The van der Waals surface area contributed by atoms with Crippen LogP contribution in [-0.2, 0) is 61.9 Å². The zero-order chi connectivity index (χ0) is 77.5. The number of esters is 6. The van der Waals surface area contributed by atoms with Crippen LogP contribution < -0.4 is 41.1 Å². The largest absolute Gasteiger partial charge is 0.460 e. The van der Waals surface area contributed by atoms with Gasteiger partial charge in [-0.2, -0.15) is 0 Å². The van der Waals surface area contributed by atoms with Crippen molar-refractivity contribution < 1.29 is 101 Å². The lowest BCUT2D eigenvalue weighted by Crippen LogP contribution is -2.45. The first kappa shape index (κ1) is 92.3. The lowest BCUT2D eigenvalue weighted by molar-refractivity contribution is -0.160.